The van der Waals surface area contributed by atoms with Gasteiger partial charge in [-0.3, -0.25) is 9.89 Å². The summed E-state index contributed by atoms with van der Waals surface area (Å²) in [4.78, 5) is 11.6. The third kappa shape index (κ3) is 4.87. The van der Waals surface area contributed by atoms with Crippen molar-refractivity contribution in [2.45, 2.75) is 19.8 Å². The highest BCUT2D eigenvalue weighted by molar-refractivity contribution is 5.91. The molecule has 2 rings (SSSR count). The van der Waals surface area contributed by atoms with Gasteiger partial charge in [0.25, 0.3) is 0 Å². The number of nitrogens with zero attached hydrogens (tertiary/aromatic N) is 1. The van der Waals surface area contributed by atoms with Crippen molar-refractivity contribution >= 4 is 12.0 Å². The van der Waals surface area contributed by atoms with Gasteiger partial charge in [0.05, 0.1) is 6.20 Å². The van der Waals surface area contributed by atoms with Crippen molar-refractivity contribution in [2.24, 2.45) is 0 Å². The molecule has 110 valence electrons. The van der Waals surface area contributed by atoms with Crippen molar-refractivity contribution in [1.82, 2.24) is 15.5 Å². The van der Waals surface area contributed by atoms with E-state index >= 15 is 0 Å². The molecule has 0 spiro atoms. The third-order valence-electron chi connectivity index (χ3n) is 3.13. The summed E-state index contributed by atoms with van der Waals surface area (Å²) in [5.74, 6) is -0.490. The zero-order valence-electron chi connectivity index (χ0n) is 11.9. The van der Waals surface area contributed by atoms with Crippen LogP contribution < -0.4 is 5.32 Å². The number of aromatic nitrogens is 2. The van der Waals surface area contributed by atoms with Crippen LogP contribution in [0.4, 0.5) is 4.39 Å². The van der Waals surface area contributed by atoms with Gasteiger partial charge in [-0.25, -0.2) is 4.39 Å². The second-order valence-electron chi connectivity index (χ2n) is 4.80. The molecule has 1 amide bonds. The number of aryl methyl sites for hydroxylation is 2. The van der Waals surface area contributed by atoms with Crippen LogP contribution in [0, 0.1) is 12.7 Å². The molecule has 2 N–H and O–H groups in total. The number of carbonyl (C=O) groups excluding carboxylic acids is 1. The first kappa shape index (κ1) is 15.0. The highest BCUT2D eigenvalue weighted by Gasteiger charge is 2.00. The van der Waals surface area contributed by atoms with Crippen LogP contribution in [-0.2, 0) is 11.2 Å². The summed E-state index contributed by atoms with van der Waals surface area (Å²) >= 11 is 0. The Balaban J connectivity index is 1.71. The summed E-state index contributed by atoms with van der Waals surface area (Å²) in [5, 5.41) is 9.63. The normalized spacial score (nSPS) is 11.0. The summed E-state index contributed by atoms with van der Waals surface area (Å²) in [7, 11) is 0. The first-order valence-electron chi connectivity index (χ1n) is 6.85. The Labute approximate surface area is 123 Å². The van der Waals surface area contributed by atoms with Gasteiger partial charge >= 0.3 is 0 Å². The van der Waals surface area contributed by atoms with Crippen LogP contribution >= 0.6 is 0 Å². The van der Waals surface area contributed by atoms with Gasteiger partial charge in [0.2, 0.25) is 5.91 Å². The molecule has 0 bridgehead atoms. The number of amides is 1. The second kappa shape index (κ2) is 7.38. The number of carbonyl (C=O) groups is 1. The molecule has 5 heteroatoms. The van der Waals surface area contributed by atoms with Crippen LogP contribution in [0.1, 0.15) is 23.2 Å². The fraction of sp³-hybridized carbons (Fsp3) is 0.250. The molecule has 0 aliphatic carbocycles. The van der Waals surface area contributed by atoms with Gasteiger partial charge in [0, 0.05) is 18.3 Å². The molecular formula is C16H18FN3O. The van der Waals surface area contributed by atoms with Crippen LogP contribution in [0.3, 0.4) is 0 Å². The SMILES string of the molecule is Cc1[nH]ncc1CCCNC(=O)C=Cc1cccc(F)c1. The Hall–Kier alpha value is -2.43. The maximum atomic E-state index is 13.0. The van der Waals surface area contributed by atoms with Crippen molar-refractivity contribution in [3.05, 3.63) is 59.2 Å². The molecule has 4 nitrogen and oxygen atoms in total. The highest BCUT2D eigenvalue weighted by Crippen LogP contribution is 2.06. The van der Waals surface area contributed by atoms with Gasteiger partial charge < -0.3 is 5.32 Å². The van der Waals surface area contributed by atoms with Crippen LogP contribution in [0.15, 0.2) is 36.5 Å². The minimum atomic E-state index is -0.312. The lowest BCUT2D eigenvalue weighted by molar-refractivity contribution is -0.116. The maximum absolute atomic E-state index is 13.0. The van der Waals surface area contributed by atoms with Crippen molar-refractivity contribution in [1.29, 1.82) is 0 Å². The summed E-state index contributed by atoms with van der Waals surface area (Å²) in [5.41, 5.74) is 2.89. The Morgan fingerprint density at radius 3 is 3.05 bits per heavy atom. The average molecular weight is 287 g/mol. The fourth-order valence-corrected chi connectivity index (χ4v) is 1.96. The van der Waals surface area contributed by atoms with Crippen molar-refractivity contribution in [3.63, 3.8) is 0 Å². The van der Waals surface area contributed by atoms with Crippen molar-refractivity contribution in [2.75, 3.05) is 6.54 Å². The molecule has 0 aliphatic rings. The standard InChI is InChI=1S/C16H18FN3O/c1-12-14(11-19-20-12)5-3-9-18-16(21)8-7-13-4-2-6-15(17)10-13/h2,4,6-8,10-11H,3,5,9H2,1H3,(H,18,21)(H,19,20). The van der Waals surface area contributed by atoms with E-state index in [1.54, 1.807) is 24.4 Å². The third-order valence-corrected chi connectivity index (χ3v) is 3.13. The molecule has 0 fully saturated rings. The molecule has 0 radical (unpaired) electrons. The largest absolute Gasteiger partial charge is 0.353 e. The smallest absolute Gasteiger partial charge is 0.243 e. The average Bonchev–Trinajstić information content (AvgIpc) is 2.87. The Morgan fingerprint density at radius 1 is 1.48 bits per heavy atom. The molecule has 0 unspecified atom stereocenters. The van der Waals surface area contributed by atoms with Crippen LogP contribution in [0.25, 0.3) is 6.08 Å². The summed E-state index contributed by atoms with van der Waals surface area (Å²) in [6.07, 6.45) is 6.54. The lowest BCUT2D eigenvalue weighted by Gasteiger charge is -2.02. The number of hydrogen-bond donors (Lipinski definition) is 2. The number of H-pyrrole nitrogens is 1. The highest BCUT2D eigenvalue weighted by atomic mass is 19.1. The van der Waals surface area contributed by atoms with E-state index in [9.17, 15) is 9.18 Å². The van der Waals surface area contributed by atoms with E-state index in [-0.39, 0.29) is 11.7 Å². The van der Waals surface area contributed by atoms with Crippen LogP contribution in [0.5, 0.6) is 0 Å². The first-order valence-corrected chi connectivity index (χ1v) is 6.85. The number of rotatable bonds is 6. The number of halogens is 1. The molecule has 2 aromatic rings. The molecule has 1 aromatic heterocycles. The van der Waals surface area contributed by atoms with Gasteiger partial charge in [0.1, 0.15) is 5.82 Å². The molecule has 0 atom stereocenters. The van der Waals surface area contributed by atoms with E-state index in [1.807, 2.05) is 6.92 Å². The Kier molecular flexibility index (Phi) is 5.26. The monoisotopic (exact) mass is 287 g/mol. The molecule has 1 heterocycles. The summed E-state index contributed by atoms with van der Waals surface area (Å²) in [6, 6.07) is 6.11. The van der Waals surface area contributed by atoms with Gasteiger partial charge in [-0.1, -0.05) is 12.1 Å². The van der Waals surface area contributed by atoms with Gasteiger partial charge in [-0.2, -0.15) is 5.10 Å². The van der Waals surface area contributed by atoms with Crippen LogP contribution in [0.2, 0.25) is 0 Å². The topological polar surface area (TPSA) is 57.8 Å². The molecule has 0 aliphatic heterocycles. The van der Waals surface area contributed by atoms with Gasteiger partial charge in [-0.05, 0) is 49.1 Å². The maximum Gasteiger partial charge on any atom is 0.243 e. The lowest BCUT2D eigenvalue weighted by Crippen LogP contribution is -2.22. The van der Waals surface area contributed by atoms with E-state index in [4.69, 9.17) is 0 Å². The summed E-state index contributed by atoms with van der Waals surface area (Å²) < 4.78 is 13.0. The Bertz CT molecular complexity index is 634. The molecule has 1 aromatic carbocycles. The zero-order valence-corrected chi connectivity index (χ0v) is 11.9. The van der Waals surface area contributed by atoms with Gasteiger partial charge in [0.15, 0.2) is 0 Å². The number of nitrogens with one attached hydrogen (secondary N) is 2. The van der Waals surface area contributed by atoms with Crippen molar-refractivity contribution in [3.8, 4) is 0 Å². The minimum absolute atomic E-state index is 0.178. The number of aromatic amines is 1. The van der Waals surface area contributed by atoms with E-state index in [0.29, 0.717) is 12.1 Å². The summed E-state index contributed by atoms with van der Waals surface area (Å²) in [6.45, 7) is 2.57. The van der Waals surface area contributed by atoms with E-state index in [2.05, 4.69) is 15.5 Å². The quantitative estimate of drug-likeness (QED) is 0.634. The molecule has 0 saturated carbocycles. The fourth-order valence-electron chi connectivity index (χ4n) is 1.96. The predicted octanol–water partition coefficient (Wildman–Crippen LogP) is 2.62. The van der Waals surface area contributed by atoms with Crippen LogP contribution in [-0.4, -0.2) is 22.6 Å². The lowest BCUT2D eigenvalue weighted by atomic mass is 10.1. The van der Waals surface area contributed by atoms with E-state index in [1.165, 1.54) is 23.8 Å². The van der Waals surface area contributed by atoms with Crippen molar-refractivity contribution < 1.29 is 9.18 Å². The number of hydrogen-bond acceptors (Lipinski definition) is 2. The molecule has 0 saturated heterocycles. The minimum Gasteiger partial charge on any atom is -0.353 e. The number of benzene rings is 1. The van der Waals surface area contributed by atoms with E-state index in [0.717, 1.165) is 18.5 Å². The van der Waals surface area contributed by atoms with Gasteiger partial charge in [-0.15, -0.1) is 0 Å². The zero-order chi connectivity index (χ0) is 15.1. The van der Waals surface area contributed by atoms with E-state index < -0.39 is 0 Å². The molecular weight excluding hydrogens is 269 g/mol. The Morgan fingerprint density at radius 2 is 2.33 bits per heavy atom. The molecule has 21 heavy (non-hydrogen) atoms. The predicted molar refractivity (Wildman–Crippen MR) is 80.1 cm³/mol. The second-order valence-corrected chi connectivity index (χ2v) is 4.80. The first-order chi connectivity index (χ1) is 10.1.